The van der Waals surface area contributed by atoms with Gasteiger partial charge in [0.15, 0.2) is 0 Å². The molecule has 0 aromatic heterocycles. The fraction of sp³-hybridized carbons (Fsp3) is 0.929. The lowest BCUT2D eigenvalue weighted by Crippen LogP contribution is -2.51. The third-order valence-corrected chi connectivity index (χ3v) is 3.98. The molecule has 0 spiro atoms. The summed E-state index contributed by atoms with van der Waals surface area (Å²) in [6.45, 7) is 5.62. The Hall–Kier alpha value is -0.610. The number of likely N-dealkylation sites (N-methyl/N-ethyl adjacent to an activating group) is 1. The first-order valence-electron chi connectivity index (χ1n) is 7.45. The Kier molecular flexibility index (Phi) is 5.45. The largest absolute Gasteiger partial charge is 0.378 e. The molecule has 2 heterocycles. The van der Waals surface area contributed by atoms with Crippen LogP contribution in [-0.2, 0) is 9.53 Å². The molecule has 4 heteroatoms. The first kappa shape index (κ1) is 13.8. The average Bonchev–Trinajstić information content (AvgIpc) is 2.41. The molecule has 2 atom stereocenters. The number of carbonyl (C=O) groups is 1. The third kappa shape index (κ3) is 3.69. The zero-order valence-corrected chi connectivity index (χ0v) is 11.5. The van der Waals surface area contributed by atoms with Crippen molar-refractivity contribution in [2.24, 2.45) is 0 Å². The maximum Gasteiger partial charge on any atom is 0.239 e. The summed E-state index contributed by atoms with van der Waals surface area (Å²) in [4.78, 5) is 14.2. The van der Waals surface area contributed by atoms with Crippen LogP contribution in [0.4, 0.5) is 0 Å². The molecule has 1 N–H and O–H groups in total. The van der Waals surface area contributed by atoms with Crippen molar-refractivity contribution in [3.8, 4) is 0 Å². The molecule has 2 aliphatic rings. The maximum absolute atomic E-state index is 12.2. The number of ether oxygens (including phenoxy) is 1. The number of hydrogen-bond donors (Lipinski definition) is 1. The Morgan fingerprint density at radius 3 is 2.94 bits per heavy atom. The van der Waals surface area contributed by atoms with Crippen LogP contribution in [0.5, 0.6) is 0 Å². The van der Waals surface area contributed by atoms with Crippen LogP contribution in [0.15, 0.2) is 0 Å². The van der Waals surface area contributed by atoms with Gasteiger partial charge in [0.2, 0.25) is 5.91 Å². The first-order chi connectivity index (χ1) is 8.81. The van der Waals surface area contributed by atoms with Gasteiger partial charge in [0, 0.05) is 19.7 Å². The van der Waals surface area contributed by atoms with Gasteiger partial charge in [0.25, 0.3) is 0 Å². The molecule has 2 fully saturated rings. The van der Waals surface area contributed by atoms with Crippen molar-refractivity contribution >= 4 is 5.91 Å². The van der Waals surface area contributed by atoms with E-state index in [-0.39, 0.29) is 6.04 Å². The lowest BCUT2D eigenvalue weighted by Gasteiger charge is -2.34. The number of nitrogens with zero attached hydrogens (tertiary/aromatic N) is 1. The molecule has 0 saturated carbocycles. The van der Waals surface area contributed by atoms with Crippen molar-refractivity contribution in [2.45, 2.75) is 57.6 Å². The van der Waals surface area contributed by atoms with E-state index in [1.165, 1.54) is 19.3 Å². The molecule has 2 saturated heterocycles. The highest BCUT2D eigenvalue weighted by Gasteiger charge is 2.28. The number of piperidine rings is 1. The summed E-state index contributed by atoms with van der Waals surface area (Å²) in [5, 5.41) is 3.28. The van der Waals surface area contributed by atoms with Crippen molar-refractivity contribution < 1.29 is 9.53 Å². The standard InChI is InChI=1S/C14H26N2O2/c1-2-15-13-7-5-9-16(14(13)17)10-8-12-6-3-4-11-18-12/h12-13,15H,2-11H2,1H3. The van der Waals surface area contributed by atoms with Gasteiger partial charge in [-0.3, -0.25) is 4.79 Å². The minimum atomic E-state index is 0.0519. The van der Waals surface area contributed by atoms with Gasteiger partial charge in [-0.25, -0.2) is 0 Å². The summed E-state index contributed by atoms with van der Waals surface area (Å²) in [6.07, 6.45) is 7.13. The minimum absolute atomic E-state index is 0.0519. The lowest BCUT2D eigenvalue weighted by molar-refractivity contribution is -0.136. The highest BCUT2D eigenvalue weighted by molar-refractivity contribution is 5.82. The van der Waals surface area contributed by atoms with Gasteiger partial charge in [-0.05, 0) is 45.1 Å². The highest BCUT2D eigenvalue weighted by Crippen LogP contribution is 2.18. The second kappa shape index (κ2) is 7.10. The van der Waals surface area contributed by atoms with E-state index in [0.717, 1.165) is 45.5 Å². The first-order valence-corrected chi connectivity index (χ1v) is 7.45. The number of amides is 1. The summed E-state index contributed by atoms with van der Waals surface area (Å²) < 4.78 is 5.72. The molecule has 1 amide bonds. The molecule has 0 aliphatic carbocycles. The minimum Gasteiger partial charge on any atom is -0.378 e. The summed E-state index contributed by atoms with van der Waals surface area (Å²) in [5.74, 6) is 0.291. The Bertz CT molecular complexity index is 263. The Balaban J connectivity index is 1.75. The monoisotopic (exact) mass is 254 g/mol. The Labute approximate surface area is 110 Å². The van der Waals surface area contributed by atoms with E-state index in [2.05, 4.69) is 12.2 Å². The van der Waals surface area contributed by atoms with Gasteiger partial charge in [-0.1, -0.05) is 6.92 Å². The van der Waals surface area contributed by atoms with E-state index >= 15 is 0 Å². The predicted octanol–water partition coefficient (Wildman–Crippen LogP) is 1.55. The number of rotatable bonds is 5. The van der Waals surface area contributed by atoms with Crippen molar-refractivity contribution in [3.05, 3.63) is 0 Å². The molecule has 0 aromatic rings. The molecule has 2 rings (SSSR count). The predicted molar refractivity (Wildman–Crippen MR) is 71.5 cm³/mol. The SMILES string of the molecule is CCNC1CCCN(CCC2CCCCO2)C1=O. The van der Waals surface area contributed by atoms with Crippen molar-refractivity contribution in [1.29, 1.82) is 0 Å². The molecule has 18 heavy (non-hydrogen) atoms. The summed E-state index contributed by atoms with van der Waals surface area (Å²) in [5.41, 5.74) is 0. The van der Waals surface area contributed by atoms with Gasteiger partial charge in [-0.15, -0.1) is 0 Å². The number of carbonyl (C=O) groups excluding carboxylic acids is 1. The highest BCUT2D eigenvalue weighted by atomic mass is 16.5. The second-order valence-electron chi connectivity index (χ2n) is 5.36. The van der Waals surface area contributed by atoms with Gasteiger partial charge in [0.05, 0.1) is 12.1 Å². The fourth-order valence-electron chi connectivity index (χ4n) is 2.93. The van der Waals surface area contributed by atoms with Crippen LogP contribution in [0.25, 0.3) is 0 Å². The fourth-order valence-corrected chi connectivity index (χ4v) is 2.93. The van der Waals surface area contributed by atoms with Crippen LogP contribution in [0.2, 0.25) is 0 Å². The van der Waals surface area contributed by atoms with Crippen molar-refractivity contribution in [3.63, 3.8) is 0 Å². The van der Waals surface area contributed by atoms with Crippen molar-refractivity contribution in [1.82, 2.24) is 10.2 Å². The Morgan fingerprint density at radius 2 is 2.22 bits per heavy atom. The summed E-state index contributed by atoms with van der Waals surface area (Å²) in [7, 11) is 0. The van der Waals surface area contributed by atoms with Gasteiger partial charge >= 0.3 is 0 Å². The lowest BCUT2D eigenvalue weighted by atomic mass is 10.0. The maximum atomic E-state index is 12.2. The van der Waals surface area contributed by atoms with Crippen LogP contribution in [0.1, 0.15) is 45.4 Å². The molecule has 2 unspecified atom stereocenters. The molecule has 2 aliphatic heterocycles. The molecular weight excluding hydrogens is 228 g/mol. The van der Waals surface area contributed by atoms with Crippen molar-refractivity contribution in [2.75, 3.05) is 26.2 Å². The van der Waals surface area contributed by atoms with Crippen LogP contribution in [-0.4, -0.2) is 49.2 Å². The summed E-state index contributed by atoms with van der Waals surface area (Å²) >= 11 is 0. The van der Waals surface area contributed by atoms with E-state index in [0.29, 0.717) is 12.0 Å². The second-order valence-corrected chi connectivity index (χ2v) is 5.36. The number of likely N-dealkylation sites (tertiary alicyclic amines) is 1. The van der Waals surface area contributed by atoms with Crippen LogP contribution >= 0.6 is 0 Å². The topological polar surface area (TPSA) is 41.6 Å². The van der Waals surface area contributed by atoms with Crippen LogP contribution in [0, 0.1) is 0 Å². The third-order valence-electron chi connectivity index (χ3n) is 3.98. The molecule has 0 bridgehead atoms. The number of hydrogen-bond acceptors (Lipinski definition) is 3. The van der Waals surface area contributed by atoms with Gasteiger partial charge in [-0.2, -0.15) is 0 Å². The normalized spacial score (nSPS) is 29.6. The van der Waals surface area contributed by atoms with Gasteiger partial charge < -0.3 is 15.0 Å². The van der Waals surface area contributed by atoms with E-state index in [9.17, 15) is 4.79 Å². The van der Waals surface area contributed by atoms with Gasteiger partial charge in [0.1, 0.15) is 0 Å². The van der Waals surface area contributed by atoms with E-state index in [1.54, 1.807) is 0 Å². The zero-order chi connectivity index (χ0) is 12.8. The number of nitrogens with one attached hydrogen (secondary N) is 1. The smallest absolute Gasteiger partial charge is 0.239 e. The van der Waals surface area contributed by atoms with E-state index in [4.69, 9.17) is 4.74 Å². The van der Waals surface area contributed by atoms with E-state index in [1.807, 2.05) is 4.90 Å². The zero-order valence-electron chi connectivity index (χ0n) is 11.5. The molecule has 104 valence electrons. The molecule has 0 aromatic carbocycles. The molecule has 4 nitrogen and oxygen atoms in total. The molecular formula is C14H26N2O2. The van der Waals surface area contributed by atoms with Crippen LogP contribution in [0.3, 0.4) is 0 Å². The average molecular weight is 254 g/mol. The molecule has 0 radical (unpaired) electrons. The van der Waals surface area contributed by atoms with E-state index < -0.39 is 0 Å². The quantitative estimate of drug-likeness (QED) is 0.809. The Morgan fingerprint density at radius 1 is 1.33 bits per heavy atom. The van der Waals surface area contributed by atoms with Crippen LogP contribution < -0.4 is 5.32 Å². The summed E-state index contributed by atoms with van der Waals surface area (Å²) in [6, 6.07) is 0.0519.